The van der Waals surface area contributed by atoms with Crippen LogP contribution in [0.3, 0.4) is 0 Å². The normalized spacial score (nSPS) is 23.5. The molecule has 2 atom stereocenters. The molecule has 0 unspecified atom stereocenters. The van der Waals surface area contributed by atoms with Crippen molar-refractivity contribution < 1.29 is 46.6 Å². The SMILES string of the molecule is COC(=O)N1CCN(C2CC3(CCN(c4ccc(C(=O)NS(=O)(=O)c5cc6c(c([N+](=O)[O-])c5)N[C@@H](C5CCC(C)(O)CC5)CO6)c(Oc5cnc6[nH]cc(F)c6c5)c4)CC3)C2)[C@H](c2ccccc2C(C)C)C1. The van der Waals surface area contributed by atoms with Gasteiger partial charge < -0.3 is 39.4 Å². The van der Waals surface area contributed by atoms with Crippen molar-refractivity contribution in [2.24, 2.45) is 11.3 Å². The average Bonchev–Trinajstić information content (AvgIpc) is 3.73. The number of benzene rings is 3. The molecule has 3 aliphatic heterocycles. The number of piperazine rings is 1. The van der Waals surface area contributed by atoms with Gasteiger partial charge in [-0.05, 0) is 105 Å². The fraction of sp³-hybridized carbons (Fsp3) is 0.481. The Labute approximate surface area is 417 Å². The minimum absolute atomic E-state index is 0.0145. The summed E-state index contributed by atoms with van der Waals surface area (Å²) in [5, 5.41) is 26.2. The number of pyridine rings is 1. The van der Waals surface area contributed by atoms with Crippen LogP contribution in [0.2, 0.25) is 0 Å². The van der Waals surface area contributed by atoms with Crippen LogP contribution in [0.4, 0.5) is 26.2 Å². The number of fused-ring (bicyclic) bond motifs is 2. The summed E-state index contributed by atoms with van der Waals surface area (Å²) in [6.45, 7) is 9.62. The molecule has 0 radical (unpaired) electrons. The lowest BCUT2D eigenvalue weighted by Gasteiger charge is -2.58. The van der Waals surface area contributed by atoms with Crippen molar-refractivity contribution in [2.75, 3.05) is 56.7 Å². The minimum Gasteiger partial charge on any atom is -0.489 e. The number of aliphatic hydroxyl groups is 1. The third-order valence-electron chi connectivity index (χ3n) is 15.9. The van der Waals surface area contributed by atoms with Crippen LogP contribution in [-0.2, 0) is 14.8 Å². The Bertz CT molecular complexity index is 3010. The number of hydrogen-bond donors (Lipinski definition) is 4. The molecule has 2 amide bonds. The Morgan fingerprint density at radius 2 is 1.78 bits per heavy atom. The number of carbonyl (C=O) groups is 2. The first-order chi connectivity index (χ1) is 34.4. The maximum atomic E-state index is 14.7. The highest BCUT2D eigenvalue weighted by molar-refractivity contribution is 7.90. The second-order valence-electron chi connectivity index (χ2n) is 20.9. The maximum absolute atomic E-state index is 14.7. The van der Waals surface area contributed by atoms with Crippen LogP contribution in [-0.4, -0.2) is 114 Å². The molecular formula is C52H61FN8O10S. The third-order valence-corrected chi connectivity index (χ3v) is 17.2. The van der Waals surface area contributed by atoms with Gasteiger partial charge in [-0.1, -0.05) is 38.1 Å². The van der Waals surface area contributed by atoms with Crippen LogP contribution in [0.1, 0.15) is 106 Å². The molecule has 2 saturated heterocycles. The minimum atomic E-state index is -4.74. The van der Waals surface area contributed by atoms with Crippen LogP contribution in [0.15, 0.2) is 78.0 Å². The first-order valence-corrected chi connectivity index (χ1v) is 26.3. The molecule has 382 valence electrons. The number of amides is 2. The Hall–Kier alpha value is -6.51. The van der Waals surface area contributed by atoms with Gasteiger partial charge in [-0.2, -0.15) is 0 Å². The summed E-state index contributed by atoms with van der Waals surface area (Å²) in [7, 11) is -3.32. The molecule has 5 heterocycles. The number of aromatic nitrogens is 2. The number of aromatic amines is 1. The number of methoxy groups -OCH3 is 1. The first-order valence-electron chi connectivity index (χ1n) is 24.8. The predicted octanol–water partition coefficient (Wildman–Crippen LogP) is 8.63. The van der Waals surface area contributed by atoms with E-state index in [-0.39, 0.29) is 75.6 Å². The largest absolute Gasteiger partial charge is 0.489 e. The van der Waals surface area contributed by atoms with Crippen LogP contribution < -0.4 is 24.4 Å². The molecule has 2 aliphatic carbocycles. The zero-order valence-electron chi connectivity index (χ0n) is 40.9. The fourth-order valence-corrected chi connectivity index (χ4v) is 12.8. The molecule has 20 heteroatoms. The van der Waals surface area contributed by atoms with Crippen molar-refractivity contribution in [3.63, 3.8) is 0 Å². The molecular weight excluding hydrogens is 948 g/mol. The standard InChI is InChI=1S/C52H61FN8O10S/c1-31(2)37-7-5-6-8-38(37)44-29-59(50(63)69-4)19-20-60(44)34-25-52(26-34)15-17-58(18-16-52)33-9-10-39(45(21-33)71-35-22-40-41(53)28-55-48(40)54-27-35)49(62)57-72(67,68)36-23-43(61(65)66)47-46(24-36)70-30-42(56-47)32-11-13-51(3,64)14-12-32/h5-10,21-24,27-28,31-32,34,42,44,56,64H,11-20,25-26,29-30H2,1-4H3,(H,54,55)(H,57,62)/t32?,42-,44+,51?/m1/s1. The van der Waals surface area contributed by atoms with Gasteiger partial charge in [0.15, 0.2) is 11.4 Å². The fourth-order valence-electron chi connectivity index (χ4n) is 11.8. The molecule has 0 bridgehead atoms. The van der Waals surface area contributed by atoms with Crippen molar-refractivity contribution in [1.29, 1.82) is 0 Å². The van der Waals surface area contributed by atoms with Crippen LogP contribution in [0, 0.1) is 27.3 Å². The number of piperidine rings is 1. The number of nitro benzene ring substituents is 1. The van der Waals surface area contributed by atoms with E-state index < -0.39 is 42.9 Å². The third kappa shape index (κ3) is 9.63. The summed E-state index contributed by atoms with van der Waals surface area (Å²) in [6, 6.07) is 17.0. The van der Waals surface area contributed by atoms with E-state index in [1.807, 2.05) is 0 Å². The van der Waals surface area contributed by atoms with Crippen molar-refractivity contribution in [3.05, 3.63) is 106 Å². The molecule has 5 aliphatic rings. The molecule has 1 spiro atoms. The number of nitrogens with one attached hydrogen (secondary N) is 3. The van der Waals surface area contributed by atoms with Crippen molar-refractivity contribution in [2.45, 2.75) is 107 Å². The second kappa shape index (κ2) is 19.2. The van der Waals surface area contributed by atoms with E-state index in [0.717, 1.165) is 50.0 Å². The molecule has 3 aromatic carbocycles. The molecule has 4 fully saturated rings. The molecule has 18 nitrogen and oxygen atoms in total. The van der Waals surface area contributed by atoms with E-state index in [2.05, 4.69) is 67.9 Å². The van der Waals surface area contributed by atoms with Crippen molar-refractivity contribution >= 4 is 50.1 Å². The zero-order chi connectivity index (χ0) is 50.7. The monoisotopic (exact) mass is 1010 g/mol. The topological polar surface area (TPSA) is 222 Å². The van der Waals surface area contributed by atoms with Gasteiger partial charge in [-0.15, -0.1) is 0 Å². The number of anilines is 2. The number of H-pyrrole nitrogens is 1. The van der Waals surface area contributed by atoms with Gasteiger partial charge in [-0.25, -0.2) is 27.3 Å². The highest BCUT2D eigenvalue weighted by Gasteiger charge is 2.50. The molecule has 2 aromatic heterocycles. The number of nitrogens with zero attached hydrogens (tertiary/aromatic N) is 5. The maximum Gasteiger partial charge on any atom is 0.409 e. The number of sulfonamides is 1. The van der Waals surface area contributed by atoms with Crippen LogP contribution >= 0.6 is 0 Å². The van der Waals surface area contributed by atoms with Crippen molar-refractivity contribution in [1.82, 2.24) is 24.5 Å². The lowest BCUT2D eigenvalue weighted by atomic mass is 9.59. The van der Waals surface area contributed by atoms with E-state index in [1.165, 1.54) is 42.8 Å². The summed E-state index contributed by atoms with van der Waals surface area (Å²) in [5.74, 6) is -1.18. The quantitative estimate of drug-likeness (QED) is 0.0719. The summed E-state index contributed by atoms with van der Waals surface area (Å²) in [5.41, 5.74) is 2.25. The highest BCUT2D eigenvalue weighted by Crippen LogP contribution is 2.54. The van der Waals surface area contributed by atoms with Crippen molar-refractivity contribution in [3.8, 4) is 17.2 Å². The summed E-state index contributed by atoms with van der Waals surface area (Å²) >= 11 is 0. The lowest BCUT2D eigenvalue weighted by Crippen LogP contribution is -2.60. The number of rotatable bonds is 11. The van der Waals surface area contributed by atoms with Gasteiger partial charge in [0.2, 0.25) is 0 Å². The molecule has 10 rings (SSSR count). The number of nitro groups is 1. The molecule has 72 heavy (non-hydrogen) atoms. The summed E-state index contributed by atoms with van der Waals surface area (Å²) in [4.78, 5) is 51.7. The Balaban J connectivity index is 0.863. The zero-order valence-corrected chi connectivity index (χ0v) is 41.7. The summed E-state index contributed by atoms with van der Waals surface area (Å²) in [6.07, 6.45) is 8.62. The predicted molar refractivity (Wildman–Crippen MR) is 267 cm³/mol. The lowest BCUT2D eigenvalue weighted by molar-refractivity contribution is -0.384. The van der Waals surface area contributed by atoms with E-state index in [1.54, 1.807) is 24.0 Å². The second-order valence-corrected chi connectivity index (χ2v) is 22.6. The average molecular weight is 1010 g/mol. The number of hydrogen-bond acceptors (Lipinski definition) is 14. The Morgan fingerprint density at radius 1 is 1.03 bits per heavy atom. The molecule has 5 aromatic rings. The van der Waals surface area contributed by atoms with Gasteiger partial charge >= 0.3 is 6.09 Å². The van der Waals surface area contributed by atoms with E-state index in [4.69, 9.17) is 14.2 Å². The van der Waals surface area contributed by atoms with Gasteiger partial charge in [0, 0.05) is 68.8 Å². The van der Waals surface area contributed by atoms with Gasteiger partial charge in [0.1, 0.15) is 29.6 Å². The van der Waals surface area contributed by atoms with Gasteiger partial charge in [0.25, 0.3) is 21.6 Å². The Morgan fingerprint density at radius 3 is 2.50 bits per heavy atom. The molecule has 4 N–H and O–H groups in total. The molecule has 2 saturated carbocycles. The van der Waals surface area contributed by atoms with Crippen LogP contribution in [0.5, 0.6) is 17.2 Å². The smallest absolute Gasteiger partial charge is 0.409 e. The number of carbonyl (C=O) groups excluding carboxylic acids is 2. The van der Waals surface area contributed by atoms with Crippen LogP contribution in [0.25, 0.3) is 11.0 Å². The van der Waals surface area contributed by atoms with E-state index in [0.29, 0.717) is 63.8 Å². The summed E-state index contributed by atoms with van der Waals surface area (Å²) < 4.78 is 62.2. The van der Waals surface area contributed by atoms with Gasteiger partial charge in [0.05, 0.1) is 51.8 Å². The number of halogens is 1. The van der Waals surface area contributed by atoms with E-state index >= 15 is 0 Å². The number of ether oxygens (including phenoxy) is 3. The first kappa shape index (κ1) is 49.1. The Kier molecular flexibility index (Phi) is 13.1. The van der Waals surface area contributed by atoms with E-state index in [9.17, 15) is 37.6 Å². The highest BCUT2D eigenvalue weighted by atomic mass is 32.2. The van der Waals surface area contributed by atoms with Gasteiger partial charge in [-0.3, -0.25) is 19.8 Å².